The van der Waals surface area contributed by atoms with Crippen molar-refractivity contribution in [3.8, 4) is 0 Å². The van der Waals surface area contributed by atoms with Gasteiger partial charge in [0.2, 0.25) is 11.8 Å². The molecule has 4 heteroatoms. The Labute approximate surface area is 127 Å². The molecule has 1 aliphatic heterocycles. The van der Waals surface area contributed by atoms with Gasteiger partial charge in [0.05, 0.1) is 0 Å². The summed E-state index contributed by atoms with van der Waals surface area (Å²) in [4.78, 5) is 26.7. The van der Waals surface area contributed by atoms with Gasteiger partial charge in [0.15, 0.2) is 0 Å². The number of fused-ring (bicyclic) bond motifs is 2. The van der Waals surface area contributed by atoms with Gasteiger partial charge >= 0.3 is 0 Å². The van der Waals surface area contributed by atoms with E-state index in [1.54, 1.807) is 0 Å². The van der Waals surface area contributed by atoms with Crippen molar-refractivity contribution in [2.75, 3.05) is 13.1 Å². The van der Waals surface area contributed by atoms with Crippen LogP contribution in [0.15, 0.2) is 0 Å². The number of carbonyl (C=O) groups is 2. The van der Waals surface area contributed by atoms with Crippen molar-refractivity contribution in [2.45, 2.75) is 58.4 Å². The third kappa shape index (κ3) is 2.95. The fourth-order valence-electron chi connectivity index (χ4n) is 4.54. The topological polar surface area (TPSA) is 49.4 Å². The summed E-state index contributed by atoms with van der Waals surface area (Å²) in [7, 11) is 0. The van der Waals surface area contributed by atoms with Crippen LogP contribution in [-0.4, -0.2) is 35.8 Å². The zero-order chi connectivity index (χ0) is 15.0. The lowest BCUT2D eigenvalue weighted by molar-refractivity contribution is -0.135. The van der Waals surface area contributed by atoms with Crippen molar-refractivity contribution in [1.29, 1.82) is 0 Å². The first kappa shape index (κ1) is 14.9. The minimum absolute atomic E-state index is 0.0316. The van der Waals surface area contributed by atoms with E-state index >= 15 is 0 Å². The van der Waals surface area contributed by atoms with Gasteiger partial charge in [-0.25, -0.2) is 0 Å². The van der Waals surface area contributed by atoms with E-state index in [4.69, 9.17) is 0 Å². The molecular formula is C17H28N2O2. The monoisotopic (exact) mass is 292 g/mol. The zero-order valence-electron chi connectivity index (χ0n) is 13.3. The van der Waals surface area contributed by atoms with Crippen LogP contribution in [0.5, 0.6) is 0 Å². The van der Waals surface area contributed by atoms with E-state index in [0.717, 1.165) is 24.8 Å². The average molecular weight is 292 g/mol. The van der Waals surface area contributed by atoms with E-state index in [1.807, 2.05) is 4.90 Å². The predicted octanol–water partition coefficient (Wildman–Crippen LogP) is 2.19. The molecule has 0 radical (unpaired) electrons. The van der Waals surface area contributed by atoms with Crippen LogP contribution in [0.2, 0.25) is 0 Å². The van der Waals surface area contributed by atoms with Gasteiger partial charge in [-0.2, -0.15) is 0 Å². The predicted molar refractivity (Wildman–Crippen MR) is 81.5 cm³/mol. The normalized spacial score (nSPS) is 37.5. The molecule has 1 saturated heterocycles. The molecule has 5 atom stereocenters. The van der Waals surface area contributed by atoms with Crippen LogP contribution in [0.4, 0.5) is 0 Å². The second-order valence-electron chi connectivity index (χ2n) is 7.40. The van der Waals surface area contributed by atoms with E-state index < -0.39 is 0 Å². The van der Waals surface area contributed by atoms with Gasteiger partial charge in [-0.3, -0.25) is 9.59 Å². The second kappa shape index (κ2) is 5.98. The third-order valence-electron chi connectivity index (χ3n) is 6.06. The van der Waals surface area contributed by atoms with E-state index in [1.165, 1.54) is 25.7 Å². The van der Waals surface area contributed by atoms with Crippen LogP contribution in [0.1, 0.15) is 52.4 Å². The number of nitrogens with one attached hydrogen (secondary N) is 1. The molecule has 2 aliphatic carbocycles. The van der Waals surface area contributed by atoms with Crippen LogP contribution in [0, 0.1) is 23.7 Å². The molecule has 4 nitrogen and oxygen atoms in total. The Balaban J connectivity index is 1.68. The highest BCUT2D eigenvalue weighted by Crippen LogP contribution is 2.48. The first-order valence-electron chi connectivity index (χ1n) is 8.66. The molecule has 2 bridgehead atoms. The molecule has 2 amide bonds. The molecule has 3 rings (SSSR count). The molecule has 0 aromatic rings. The fourth-order valence-corrected chi connectivity index (χ4v) is 4.54. The highest BCUT2D eigenvalue weighted by atomic mass is 16.2. The van der Waals surface area contributed by atoms with Crippen LogP contribution in [0.25, 0.3) is 0 Å². The van der Waals surface area contributed by atoms with Crippen molar-refractivity contribution in [2.24, 2.45) is 23.7 Å². The molecule has 1 N–H and O–H groups in total. The Morgan fingerprint density at radius 3 is 2.71 bits per heavy atom. The number of amides is 2. The number of rotatable bonds is 4. The summed E-state index contributed by atoms with van der Waals surface area (Å²) in [6, 6.07) is -0.316. The number of hydrogen-bond acceptors (Lipinski definition) is 2. The third-order valence-corrected chi connectivity index (χ3v) is 6.06. The van der Waals surface area contributed by atoms with E-state index in [0.29, 0.717) is 18.9 Å². The lowest BCUT2D eigenvalue weighted by Crippen LogP contribution is -2.49. The minimum atomic E-state index is -0.316. The van der Waals surface area contributed by atoms with Crippen molar-refractivity contribution in [3.05, 3.63) is 0 Å². The minimum Gasteiger partial charge on any atom is -0.344 e. The van der Waals surface area contributed by atoms with E-state index in [-0.39, 0.29) is 23.8 Å². The summed E-state index contributed by atoms with van der Waals surface area (Å²) >= 11 is 0. The van der Waals surface area contributed by atoms with Crippen LogP contribution in [0.3, 0.4) is 0 Å². The second-order valence-corrected chi connectivity index (χ2v) is 7.40. The largest absolute Gasteiger partial charge is 0.344 e. The molecule has 3 fully saturated rings. The number of hydrogen-bond donors (Lipinski definition) is 1. The van der Waals surface area contributed by atoms with Crippen LogP contribution >= 0.6 is 0 Å². The molecule has 5 unspecified atom stereocenters. The van der Waals surface area contributed by atoms with Crippen LogP contribution < -0.4 is 5.32 Å². The summed E-state index contributed by atoms with van der Waals surface area (Å²) in [5.74, 6) is 2.81. The molecule has 0 spiro atoms. The molecular weight excluding hydrogens is 264 g/mol. The Morgan fingerprint density at radius 1 is 1.29 bits per heavy atom. The maximum Gasteiger partial charge on any atom is 0.245 e. The quantitative estimate of drug-likeness (QED) is 0.863. The first-order valence-corrected chi connectivity index (χ1v) is 8.66. The van der Waals surface area contributed by atoms with Crippen molar-refractivity contribution in [3.63, 3.8) is 0 Å². The zero-order valence-corrected chi connectivity index (χ0v) is 13.3. The van der Waals surface area contributed by atoms with E-state index in [9.17, 15) is 9.59 Å². The Morgan fingerprint density at radius 2 is 2.10 bits per heavy atom. The van der Waals surface area contributed by atoms with Gasteiger partial charge in [0, 0.05) is 19.5 Å². The van der Waals surface area contributed by atoms with Crippen LogP contribution in [-0.2, 0) is 9.59 Å². The molecule has 0 aromatic heterocycles. The van der Waals surface area contributed by atoms with Crippen molar-refractivity contribution < 1.29 is 9.59 Å². The Hall–Kier alpha value is -1.06. The van der Waals surface area contributed by atoms with Gasteiger partial charge in [0.1, 0.15) is 6.04 Å². The summed E-state index contributed by atoms with van der Waals surface area (Å²) in [6.45, 7) is 5.62. The molecule has 2 saturated carbocycles. The molecule has 21 heavy (non-hydrogen) atoms. The SMILES string of the molecule is CCC(C)C1NC(=O)CCN(CC2CC3CCC2C3)C1=O. The van der Waals surface area contributed by atoms with E-state index in [2.05, 4.69) is 19.2 Å². The number of carbonyl (C=O) groups excluding carboxylic acids is 2. The highest BCUT2D eigenvalue weighted by molar-refractivity contribution is 5.90. The van der Waals surface area contributed by atoms with Crippen molar-refractivity contribution in [1.82, 2.24) is 10.2 Å². The molecule has 118 valence electrons. The van der Waals surface area contributed by atoms with Gasteiger partial charge in [-0.05, 0) is 42.9 Å². The van der Waals surface area contributed by atoms with Gasteiger partial charge < -0.3 is 10.2 Å². The Bertz CT molecular complexity index is 423. The molecule has 3 aliphatic rings. The standard InChI is InChI=1S/C17H28N2O2/c1-3-11(2)16-17(21)19(7-6-15(20)18-16)10-14-9-12-4-5-13(14)8-12/h11-14,16H,3-10H2,1-2H3,(H,18,20). The smallest absolute Gasteiger partial charge is 0.245 e. The highest BCUT2D eigenvalue weighted by Gasteiger charge is 2.42. The summed E-state index contributed by atoms with van der Waals surface area (Å²) in [6.07, 6.45) is 6.79. The first-order chi connectivity index (χ1) is 10.1. The maximum absolute atomic E-state index is 12.8. The molecule has 0 aromatic carbocycles. The molecule has 1 heterocycles. The van der Waals surface area contributed by atoms with Gasteiger partial charge in [-0.15, -0.1) is 0 Å². The lowest BCUT2D eigenvalue weighted by atomic mass is 9.88. The average Bonchev–Trinajstić information content (AvgIpc) is 3.06. The van der Waals surface area contributed by atoms with Gasteiger partial charge in [-0.1, -0.05) is 26.7 Å². The van der Waals surface area contributed by atoms with Crippen molar-refractivity contribution >= 4 is 11.8 Å². The Kier molecular flexibility index (Phi) is 4.23. The van der Waals surface area contributed by atoms with Gasteiger partial charge in [0.25, 0.3) is 0 Å². The maximum atomic E-state index is 12.8. The summed E-state index contributed by atoms with van der Waals surface area (Å²) in [5, 5.41) is 2.94. The summed E-state index contributed by atoms with van der Waals surface area (Å²) < 4.78 is 0. The number of nitrogens with zero attached hydrogens (tertiary/aromatic N) is 1. The summed E-state index contributed by atoms with van der Waals surface area (Å²) in [5.41, 5.74) is 0. The lowest BCUT2D eigenvalue weighted by Gasteiger charge is -2.31. The fraction of sp³-hybridized carbons (Fsp3) is 0.882.